The summed E-state index contributed by atoms with van der Waals surface area (Å²) in [5.74, 6) is -1.45. The standard InChI is InChI=1S/C9H15NO4/c1-4-14-8(11)5-6(2)10-7(3)9(12)13/h5,7,10H,4H2,1-3H3,(H,12,13)/t7-/m0/s1. The van der Waals surface area contributed by atoms with Crippen LogP contribution in [0.25, 0.3) is 0 Å². The van der Waals surface area contributed by atoms with Crippen LogP contribution in [0.15, 0.2) is 11.8 Å². The fourth-order valence-electron chi connectivity index (χ4n) is 0.806. The summed E-state index contributed by atoms with van der Waals surface area (Å²) < 4.78 is 4.65. The van der Waals surface area contributed by atoms with Gasteiger partial charge in [0.05, 0.1) is 6.61 Å². The molecule has 0 aromatic carbocycles. The summed E-state index contributed by atoms with van der Waals surface area (Å²) in [7, 11) is 0. The number of carboxylic acids is 1. The van der Waals surface area contributed by atoms with E-state index in [0.717, 1.165) is 0 Å². The summed E-state index contributed by atoms with van der Waals surface area (Å²) in [4.78, 5) is 21.4. The average Bonchev–Trinajstić information content (AvgIpc) is 2.03. The molecule has 5 heteroatoms. The molecule has 0 bridgehead atoms. The average molecular weight is 201 g/mol. The van der Waals surface area contributed by atoms with Crippen LogP contribution in [0, 0.1) is 0 Å². The van der Waals surface area contributed by atoms with Crippen molar-refractivity contribution in [3.8, 4) is 0 Å². The number of hydrogen-bond donors (Lipinski definition) is 2. The largest absolute Gasteiger partial charge is 0.480 e. The van der Waals surface area contributed by atoms with E-state index in [0.29, 0.717) is 12.3 Å². The van der Waals surface area contributed by atoms with Gasteiger partial charge in [-0.2, -0.15) is 0 Å². The molecule has 80 valence electrons. The summed E-state index contributed by atoms with van der Waals surface area (Å²) in [5.41, 5.74) is 0.471. The van der Waals surface area contributed by atoms with Crippen LogP contribution < -0.4 is 5.32 Å². The molecule has 0 aliphatic rings. The van der Waals surface area contributed by atoms with E-state index in [4.69, 9.17) is 5.11 Å². The molecule has 2 N–H and O–H groups in total. The Labute approximate surface area is 82.7 Å². The molecule has 0 unspecified atom stereocenters. The van der Waals surface area contributed by atoms with Crippen molar-refractivity contribution >= 4 is 11.9 Å². The highest BCUT2D eigenvalue weighted by molar-refractivity contribution is 5.82. The van der Waals surface area contributed by atoms with Gasteiger partial charge in [-0.3, -0.25) is 4.79 Å². The molecule has 0 radical (unpaired) electrons. The van der Waals surface area contributed by atoms with Crippen LogP contribution in [0.2, 0.25) is 0 Å². The minimum atomic E-state index is -0.971. The van der Waals surface area contributed by atoms with Crippen LogP contribution in [-0.4, -0.2) is 29.7 Å². The van der Waals surface area contributed by atoms with Crippen LogP contribution in [-0.2, 0) is 14.3 Å². The van der Waals surface area contributed by atoms with Crippen molar-refractivity contribution in [2.75, 3.05) is 6.61 Å². The number of aliphatic carboxylic acids is 1. The molecule has 1 atom stereocenters. The third kappa shape index (κ3) is 5.18. The molecule has 0 spiro atoms. The molecule has 0 saturated carbocycles. The number of allylic oxidation sites excluding steroid dienone is 1. The molecular formula is C9H15NO4. The van der Waals surface area contributed by atoms with Crippen molar-refractivity contribution < 1.29 is 19.4 Å². The highest BCUT2D eigenvalue weighted by atomic mass is 16.5. The lowest BCUT2D eigenvalue weighted by molar-refractivity contribution is -0.139. The minimum Gasteiger partial charge on any atom is -0.480 e. The van der Waals surface area contributed by atoms with Crippen LogP contribution in [0.4, 0.5) is 0 Å². The second-order valence-corrected chi connectivity index (χ2v) is 2.78. The van der Waals surface area contributed by atoms with E-state index in [1.807, 2.05) is 0 Å². The second-order valence-electron chi connectivity index (χ2n) is 2.78. The van der Waals surface area contributed by atoms with Gasteiger partial charge in [-0.25, -0.2) is 4.79 Å². The number of ether oxygens (including phenoxy) is 1. The van der Waals surface area contributed by atoms with Gasteiger partial charge in [0.1, 0.15) is 6.04 Å². The van der Waals surface area contributed by atoms with Crippen LogP contribution in [0.3, 0.4) is 0 Å². The first-order valence-electron chi connectivity index (χ1n) is 4.31. The zero-order valence-corrected chi connectivity index (χ0v) is 8.53. The van der Waals surface area contributed by atoms with Gasteiger partial charge < -0.3 is 15.2 Å². The maximum absolute atomic E-state index is 10.9. The Kier molecular flexibility index (Phi) is 5.36. The molecule has 0 aliphatic heterocycles. The van der Waals surface area contributed by atoms with E-state index in [1.165, 1.54) is 13.0 Å². The number of carboxylic acid groups (broad SMARTS) is 1. The Morgan fingerprint density at radius 3 is 2.57 bits per heavy atom. The Morgan fingerprint density at radius 2 is 2.14 bits per heavy atom. The van der Waals surface area contributed by atoms with E-state index >= 15 is 0 Å². The van der Waals surface area contributed by atoms with Gasteiger partial charge in [0.15, 0.2) is 0 Å². The third-order valence-corrected chi connectivity index (χ3v) is 1.44. The summed E-state index contributed by atoms with van der Waals surface area (Å²) in [5, 5.41) is 11.2. The zero-order chi connectivity index (χ0) is 11.1. The van der Waals surface area contributed by atoms with Crippen molar-refractivity contribution in [3.63, 3.8) is 0 Å². The van der Waals surface area contributed by atoms with Crippen molar-refractivity contribution in [2.45, 2.75) is 26.8 Å². The predicted octanol–water partition coefficient (Wildman–Crippen LogP) is 0.516. The lowest BCUT2D eigenvalue weighted by atomic mass is 10.3. The quantitative estimate of drug-likeness (QED) is 0.501. The van der Waals surface area contributed by atoms with Gasteiger partial charge in [-0.15, -0.1) is 0 Å². The van der Waals surface area contributed by atoms with E-state index in [9.17, 15) is 9.59 Å². The highest BCUT2D eigenvalue weighted by Gasteiger charge is 2.09. The van der Waals surface area contributed by atoms with Gasteiger partial charge in [0, 0.05) is 11.8 Å². The third-order valence-electron chi connectivity index (χ3n) is 1.44. The van der Waals surface area contributed by atoms with Gasteiger partial charge in [0.2, 0.25) is 0 Å². The summed E-state index contributed by atoms with van der Waals surface area (Å²) >= 11 is 0. The fraction of sp³-hybridized carbons (Fsp3) is 0.556. The fourth-order valence-corrected chi connectivity index (χ4v) is 0.806. The van der Waals surface area contributed by atoms with Crippen LogP contribution >= 0.6 is 0 Å². The lowest BCUT2D eigenvalue weighted by Crippen LogP contribution is -2.32. The van der Waals surface area contributed by atoms with Crippen molar-refractivity contribution in [1.82, 2.24) is 5.32 Å². The number of esters is 1. The van der Waals surface area contributed by atoms with Crippen LogP contribution in [0.5, 0.6) is 0 Å². The summed E-state index contributed by atoms with van der Waals surface area (Å²) in [6.07, 6.45) is 1.23. The predicted molar refractivity (Wildman–Crippen MR) is 50.6 cm³/mol. The van der Waals surface area contributed by atoms with Gasteiger partial charge in [-0.05, 0) is 20.8 Å². The maximum Gasteiger partial charge on any atom is 0.332 e. The molecule has 0 heterocycles. The second kappa shape index (κ2) is 6.01. The maximum atomic E-state index is 10.9. The van der Waals surface area contributed by atoms with Gasteiger partial charge in [-0.1, -0.05) is 0 Å². The molecule has 0 fully saturated rings. The molecule has 0 aromatic rings. The number of rotatable bonds is 5. The zero-order valence-electron chi connectivity index (χ0n) is 8.53. The minimum absolute atomic E-state index is 0.303. The first-order valence-corrected chi connectivity index (χ1v) is 4.31. The number of carbonyl (C=O) groups is 2. The first kappa shape index (κ1) is 12.5. The molecule has 0 aromatic heterocycles. The van der Waals surface area contributed by atoms with E-state index < -0.39 is 18.0 Å². The smallest absolute Gasteiger partial charge is 0.332 e. The monoisotopic (exact) mass is 201 g/mol. The normalized spacial score (nSPS) is 13.2. The Balaban J connectivity index is 4.12. The van der Waals surface area contributed by atoms with Crippen molar-refractivity contribution in [1.29, 1.82) is 0 Å². The Bertz CT molecular complexity index is 247. The molecule has 14 heavy (non-hydrogen) atoms. The number of hydrogen-bond acceptors (Lipinski definition) is 4. The van der Waals surface area contributed by atoms with Crippen molar-refractivity contribution in [2.24, 2.45) is 0 Å². The topological polar surface area (TPSA) is 75.6 Å². The Hall–Kier alpha value is -1.52. The molecule has 0 amide bonds. The number of nitrogens with one attached hydrogen (secondary N) is 1. The van der Waals surface area contributed by atoms with Gasteiger partial charge >= 0.3 is 11.9 Å². The van der Waals surface area contributed by atoms with E-state index in [1.54, 1.807) is 13.8 Å². The van der Waals surface area contributed by atoms with E-state index in [-0.39, 0.29) is 0 Å². The lowest BCUT2D eigenvalue weighted by Gasteiger charge is -2.10. The molecular weight excluding hydrogens is 186 g/mol. The molecule has 0 aliphatic carbocycles. The van der Waals surface area contributed by atoms with Crippen molar-refractivity contribution in [3.05, 3.63) is 11.8 Å². The van der Waals surface area contributed by atoms with E-state index in [2.05, 4.69) is 10.1 Å². The summed E-state index contributed by atoms with van der Waals surface area (Å²) in [6, 6.07) is -0.722. The first-order chi connectivity index (χ1) is 6.47. The summed E-state index contributed by atoms with van der Waals surface area (Å²) in [6.45, 7) is 5.10. The molecule has 0 rings (SSSR count). The Morgan fingerprint density at radius 1 is 1.57 bits per heavy atom. The molecule has 0 saturated heterocycles. The SMILES string of the molecule is CCOC(=O)C=C(C)N[C@@H](C)C(=O)O. The number of carbonyl (C=O) groups excluding carboxylic acids is 1. The highest BCUT2D eigenvalue weighted by Crippen LogP contribution is 1.93. The molecule has 5 nitrogen and oxygen atoms in total. The van der Waals surface area contributed by atoms with Crippen LogP contribution in [0.1, 0.15) is 20.8 Å². The van der Waals surface area contributed by atoms with Gasteiger partial charge in [0.25, 0.3) is 0 Å².